The molecule has 0 radical (unpaired) electrons. The highest BCUT2D eigenvalue weighted by atomic mass is 16.5. The van der Waals surface area contributed by atoms with Crippen LogP contribution in [0.15, 0.2) is 46.4 Å². The van der Waals surface area contributed by atoms with E-state index in [0.717, 1.165) is 64.7 Å². The fourth-order valence-electron chi connectivity index (χ4n) is 8.12. The quantitative estimate of drug-likeness (QED) is 0.207. The summed E-state index contributed by atoms with van der Waals surface area (Å²) in [5.41, 5.74) is 4.35. The molecule has 7 rings (SSSR count). The van der Waals surface area contributed by atoms with E-state index in [1.807, 2.05) is 38.7 Å². The van der Waals surface area contributed by atoms with E-state index in [4.69, 9.17) is 19.5 Å². The number of amidine groups is 2. The number of benzene rings is 2. The van der Waals surface area contributed by atoms with Crippen LogP contribution in [0, 0.1) is 11.8 Å². The number of amides is 4. The van der Waals surface area contributed by atoms with Gasteiger partial charge in [0, 0.05) is 19.5 Å². The van der Waals surface area contributed by atoms with E-state index in [2.05, 4.69) is 51.6 Å². The second-order valence-corrected chi connectivity index (χ2v) is 15.2. The Morgan fingerprint density at radius 1 is 0.792 bits per heavy atom. The molecule has 0 spiro atoms. The predicted molar refractivity (Wildman–Crippen MR) is 199 cm³/mol. The van der Waals surface area contributed by atoms with Crippen LogP contribution in [-0.4, -0.2) is 110 Å². The Hall–Kier alpha value is -4.98. The summed E-state index contributed by atoms with van der Waals surface area (Å²) in [6.45, 7) is 10.7. The van der Waals surface area contributed by atoms with Gasteiger partial charge in [0.25, 0.3) is 0 Å². The van der Waals surface area contributed by atoms with Gasteiger partial charge in [0.05, 0.1) is 44.4 Å². The Morgan fingerprint density at radius 2 is 1.40 bits per heavy atom. The normalized spacial score (nSPS) is 24.6. The predicted octanol–water partition coefficient (Wildman–Crippen LogP) is 2.23. The van der Waals surface area contributed by atoms with Crippen molar-refractivity contribution in [1.82, 2.24) is 31.1 Å². The van der Waals surface area contributed by atoms with Gasteiger partial charge in [-0.1, -0.05) is 45.9 Å². The number of carbonyl (C=O) groups excluding carboxylic acids is 4. The van der Waals surface area contributed by atoms with Gasteiger partial charge in [0.1, 0.15) is 41.3 Å². The minimum atomic E-state index is -0.609. The Labute approximate surface area is 310 Å². The van der Waals surface area contributed by atoms with Gasteiger partial charge in [-0.3, -0.25) is 29.2 Å². The fourth-order valence-corrected chi connectivity index (χ4v) is 8.12. The van der Waals surface area contributed by atoms with Crippen molar-refractivity contribution in [2.45, 2.75) is 83.2 Å². The molecule has 4 N–H and O–H groups in total. The number of likely N-dealkylation sites (tertiary alicyclic amines) is 1. The highest BCUT2D eigenvalue weighted by Crippen LogP contribution is 2.40. The summed E-state index contributed by atoms with van der Waals surface area (Å²) in [5, 5.41) is 12.6. The Morgan fingerprint density at radius 3 is 2.04 bits per heavy atom. The number of aliphatic imine (C=N–C) groups is 2. The number of hydrogen-bond donors (Lipinski definition) is 4. The lowest BCUT2D eigenvalue weighted by atomic mass is 9.94. The maximum Gasteiger partial charge on any atom is 0.246 e. The lowest BCUT2D eigenvalue weighted by molar-refractivity contribution is -0.141. The van der Waals surface area contributed by atoms with Crippen LogP contribution in [0.25, 0.3) is 0 Å². The topological polar surface area (TPSA) is 166 Å². The standard InChI is InChI=1S/C39H50N8O6/c1-22(2)34(42-20-48)38(50)46-11-5-6-30(46)36-40-18-29(44-36)25-7-8-26-15-27-14-24(9-10-32(27)53-33(26)16-25)28-17-41-37(45-28)31-19-52-13-12-47(31)39(51)35(23(3)4)43-21-49/h7-10,14,16,20-23,28-31,34-35H,5-6,11-13,15,17-19H2,1-4H3,(H,40,44)(H,41,45)(H,42,48)(H,43,49)/t28?,29?,30-,31-,34-,35-/m0/s1. The summed E-state index contributed by atoms with van der Waals surface area (Å²) in [5.74, 6) is 2.92. The molecule has 2 fully saturated rings. The average Bonchev–Trinajstić information content (AvgIpc) is 3.96. The van der Waals surface area contributed by atoms with Gasteiger partial charge < -0.3 is 40.5 Å². The van der Waals surface area contributed by atoms with Gasteiger partial charge in [-0.2, -0.15) is 0 Å². The number of rotatable bonds is 12. The highest BCUT2D eigenvalue weighted by molar-refractivity contribution is 5.96. The van der Waals surface area contributed by atoms with E-state index in [1.54, 1.807) is 4.90 Å². The summed E-state index contributed by atoms with van der Waals surface area (Å²) in [4.78, 5) is 62.6. The molecule has 2 aromatic rings. The van der Waals surface area contributed by atoms with Crippen LogP contribution in [0.3, 0.4) is 0 Å². The van der Waals surface area contributed by atoms with Crippen LogP contribution in [0.4, 0.5) is 0 Å². The van der Waals surface area contributed by atoms with Crippen molar-refractivity contribution in [3.8, 4) is 11.5 Å². The first-order valence-corrected chi connectivity index (χ1v) is 18.8. The molecule has 2 unspecified atom stereocenters. The van der Waals surface area contributed by atoms with Crippen LogP contribution < -0.4 is 26.0 Å². The molecule has 6 atom stereocenters. The van der Waals surface area contributed by atoms with E-state index in [0.29, 0.717) is 52.2 Å². The average molecular weight is 727 g/mol. The van der Waals surface area contributed by atoms with E-state index < -0.39 is 12.1 Å². The minimum absolute atomic E-state index is 0.0165. The molecule has 5 heterocycles. The first-order chi connectivity index (χ1) is 25.7. The number of fused-ring (bicyclic) bond motifs is 2. The molecule has 0 aliphatic carbocycles. The van der Waals surface area contributed by atoms with Gasteiger partial charge in [-0.05, 0) is 65.1 Å². The van der Waals surface area contributed by atoms with Gasteiger partial charge in [-0.25, -0.2) is 0 Å². The van der Waals surface area contributed by atoms with Crippen LogP contribution in [0.5, 0.6) is 11.5 Å². The maximum absolute atomic E-state index is 13.5. The SMILES string of the molecule is CC(C)[C@H](NC=O)C(=O)N1CCC[C@H]1C1=NCC(c2ccc3c(c2)Oc2ccc(C4CN=C([C@@H]5COCCN5C(=O)[C@@H](NC=O)C(C)C)N4)cc2C3)N1. The van der Waals surface area contributed by atoms with Crippen molar-refractivity contribution in [2.24, 2.45) is 21.8 Å². The molecule has 4 amide bonds. The van der Waals surface area contributed by atoms with Crippen molar-refractivity contribution in [3.05, 3.63) is 58.7 Å². The number of nitrogens with one attached hydrogen (secondary N) is 4. The van der Waals surface area contributed by atoms with Crippen molar-refractivity contribution >= 4 is 36.3 Å². The molecule has 0 bridgehead atoms. The summed E-state index contributed by atoms with van der Waals surface area (Å²) in [7, 11) is 0. The molecular formula is C39H50N8O6. The van der Waals surface area contributed by atoms with Crippen LogP contribution in [0.2, 0.25) is 0 Å². The lowest BCUT2D eigenvalue weighted by Gasteiger charge is -2.38. The molecule has 2 aromatic carbocycles. The molecule has 0 aromatic heterocycles. The second kappa shape index (κ2) is 15.6. The van der Waals surface area contributed by atoms with Crippen LogP contribution in [-0.2, 0) is 30.3 Å². The van der Waals surface area contributed by atoms with E-state index >= 15 is 0 Å². The molecule has 53 heavy (non-hydrogen) atoms. The molecule has 0 saturated carbocycles. The van der Waals surface area contributed by atoms with Crippen LogP contribution >= 0.6 is 0 Å². The Balaban J connectivity index is 0.982. The molecule has 5 aliphatic rings. The first kappa shape index (κ1) is 36.4. The van der Waals surface area contributed by atoms with Crippen LogP contribution in [0.1, 0.15) is 74.9 Å². The van der Waals surface area contributed by atoms with E-state index in [1.165, 1.54) is 0 Å². The third-order valence-electron chi connectivity index (χ3n) is 11.1. The highest BCUT2D eigenvalue weighted by Gasteiger charge is 2.40. The molecule has 14 heteroatoms. The monoisotopic (exact) mass is 726 g/mol. The van der Waals surface area contributed by atoms with Crippen molar-refractivity contribution < 1.29 is 28.7 Å². The van der Waals surface area contributed by atoms with Gasteiger partial charge in [0.15, 0.2) is 0 Å². The largest absolute Gasteiger partial charge is 0.457 e. The van der Waals surface area contributed by atoms with E-state index in [-0.39, 0.29) is 47.8 Å². The molecule has 14 nitrogen and oxygen atoms in total. The smallest absolute Gasteiger partial charge is 0.246 e. The Bertz CT molecular complexity index is 1790. The molecule has 2 saturated heterocycles. The second-order valence-electron chi connectivity index (χ2n) is 15.2. The summed E-state index contributed by atoms with van der Waals surface area (Å²) in [6, 6.07) is 10.9. The summed E-state index contributed by atoms with van der Waals surface area (Å²) < 4.78 is 12.2. The Kier molecular flexibility index (Phi) is 10.7. The number of ether oxygens (including phenoxy) is 2. The fraction of sp³-hybridized carbons (Fsp3) is 0.538. The minimum Gasteiger partial charge on any atom is -0.457 e. The molecule has 5 aliphatic heterocycles. The number of carbonyl (C=O) groups is 4. The summed E-state index contributed by atoms with van der Waals surface area (Å²) >= 11 is 0. The first-order valence-electron chi connectivity index (χ1n) is 18.8. The number of nitrogens with zero attached hydrogens (tertiary/aromatic N) is 4. The summed E-state index contributed by atoms with van der Waals surface area (Å²) in [6.07, 6.45) is 3.64. The number of hydrogen-bond acceptors (Lipinski definition) is 10. The maximum atomic E-state index is 13.5. The van der Waals surface area contributed by atoms with Crippen molar-refractivity contribution in [2.75, 3.05) is 39.4 Å². The zero-order valence-corrected chi connectivity index (χ0v) is 30.8. The van der Waals surface area contributed by atoms with Gasteiger partial charge >= 0.3 is 0 Å². The molecule has 282 valence electrons. The molecular weight excluding hydrogens is 676 g/mol. The lowest BCUT2D eigenvalue weighted by Crippen LogP contribution is -2.60. The number of morpholine rings is 1. The van der Waals surface area contributed by atoms with Gasteiger partial charge in [0.2, 0.25) is 24.6 Å². The van der Waals surface area contributed by atoms with E-state index in [9.17, 15) is 19.2 Å². The third-order valence-corrected chi connectivity index (χ3v) is 11.1. The van der Waals surface area contributed by atoms with Crippen molar-refractivity contribution in [1.29, 1.82) is 0 Å². The van der Waals surface area contributed by atoms with Gasteiger partial charge in [-0.15, -0.1) is 0 Å². The van der Waals surface area contributed by atoms with Crippen molar-refractivity contribution in [3.63, 3.8) is 0 Å². The zero-order valence-electron chi connectivity index (χ0n) is 30.8. The third kappa shape index (κ3) is 7.33. The zero-order chi connectivity index (χ0) is 37.2.